The van der Waals surface area contributed by atoms with Gasteiger partial charge in [0.15, 0.2) is 0 Å². The molecular formula is C7H17N3O. The van der Waals surface area contributed by atoms with Crippen molar-refractivity contribution in [3.8, 4) is 0 Å². The highest BCUT2D eigenvalue weighted by Gasteiger charge is 2.13. The molecule has 0 aromatic heterocycles. The maximum Gasteiger partial charge on any atom is 0.333 e. The fraction of sp³-hybridized carbons (Fsp3) is 0.857. The van der Waals surface area contributed by atoms with Crippen LogP contribution in [0.5, 0.6) is 0 Å². The molecule has 0 N–H and O–H groups in total. The van der Waals surface area contributed by atoms with E-state index in [1.807, 2.05) is 21.0 Å². The van der Waals surface area contributed by atoms with Crippen LogP contribution in [-0.4, -0.2) is 55.7 Å². The molecule has 0 fully saturated rings. The Hall–Kier alpha value is -0.770. The van der Waals surface area contributed by atoms with Crippen LogP contribution >= 0.6 is 0 Å². The van der Waals surface area contributed by atoms with Crippen LogP contribution in [0.25, 0.3) is 0 Å². The van der Waals surface area contributed by atoms with E-state index in [1.54, 1.807) is 29.0 Å². The van der Waals surface area contributed by atoms with Crippen molar-refractivity contribution in [2.75, 3.05) is 34.7 Å². The summed E-state index contributed by atoms with van der Waals surface area (Å²) >= 11 is 0. The van der Waals surface area contributed by atoms with E-state index in [2.05, 4.69) is 0 Å². The Morgan fingerprint density at radius 3 is 1.91 bits per heavy atom. The number of nitrogens with zero attached hydrogens (tertiary/aromatic N) is 3. The molecule has 11 heavy (non-hydrogen) atoms. The highest BCUT2D eigenvalue weighted by Crippen LogP contribution is 1.93. The molecular weight excluding hydrogens is 142 g/mol. The molecule has 0 rings (SSSR count). The maximum absolute atomic E-state index is 11.3. The van der Waals surface area contributed by atoms with Gasteiger partial charge in [0.1, 0.15) is 0 Å². The quantitative estimate of drug-likeness (QED) is 0.547. The molecule has 4 heteroatoms. The lowest BCUT2D eigenvalue weighted by Crippen LogP contribution is -2.45. The highest BCUT2D eigenvalue weighted by molar-refractivity contribution is 5.73. The third-order valence-electron chi connectivity index (χ3n) is 1.68. The molecule has 0 aliphatic carbocycles. The molecule has 0 atom stereocenters. The van der Waals surface area contributed by atoms with Gasteiger partial charge in [-0.1, -0.05) is 0 Å². The number of amides is 2. The molecule has 0 saturated carbocycles. The van der Waals surface area contributed by atoms with Gasteiger partial charge in [-0.05, 0) is 6.92 Å². The summed E-state index contributed by atoms with van der Waals surface area (Å²) in [6.07, 6.45) is 0. The number of carbonyl (C=O) groups excluding carboxylic acids is 1. The van der Waals surface area contributed by atoms with Crippen LogP contribution in [0.15, 0.2) is 0 Å². The molecule has 0 unspecified atom stereocenters. The summed E-state index contributed by atoms with van der Waals surface area (Å²) in [5.74, 6) is 0. The fourth-order valence-corrected chi connectivity index (χ4v) is 0.553. The van der Waals surface area contributed by atoms with E-state index < -0.39 is 0 Å². The zero-order chi connectivity index (χ0) is 9.02. The second kappa shape index (κ2) is 4.18. The number of hydrogen-bond donors (Lipinski definition) is 0. The summed E-state index contributed by atoms with van der Waals surface area (Å²) in [5.41, 5.74) is 0. The summed E-state index contributed by atoms with van der Waals surface area (Å²) in [6, 6.07) is 0.0116. The van der Waals surface area contributed by atoms with Gasteiger partial charge in [0.05, 0.1) is 0 Å². The minimum absolute atomic E-state index is 0.0116. The van der Waals surface area contributed by atoms with Gasteiger partial charge in [0.2, 0.25) is 0 Å². The van der Waals surface area contributed by atoms with Crippen LogP contribution in [0.2, 0.25) is 0 Å². The van der Waals surface area contributed by atoms with Crippen LogP contribution in [0.4, 0.5) is 4.79 Å². The first kappa shape index (κ1) is 10.2. The van der Waals surface area contributed by atoms with E-state index in [1.165, 1.54) is 0 Å². The molecule has 0 aromatic rings. The van der Waals surface area contributed by atoms with Gasteiger partial charge in [-0.2, -0.15) is 0 Å². The monoisotopic (exact) mass is 159 g/mol. The average molecular weight is 159 g/mol. The predicted octanol–water partition coefficient (Wildman–Crippen LogP) is 0.466. The van der Waals surface area contributed by atoms with E-state index in [0.29, 0.717) is 0 Å². The van der Waals surface area contributed by atoms with Crippen LogP contribution in [-0.2, 0) is 0 Å². The Balaban J connectivity index is 4.02. The summed E-state index contributed by atoms with van der Waals surface area (Å²) in [4.78, 5) is 13.0. The molecule has 66 valence electrons. The number of rotatable bonds is 2. The third kappa shape index (κ3) is 2.76. The molecule has 0 heterocycles. The maximum atomic E-state index is 11.3. The van der Waals surface area contributed by atoms with Gasteiger partial charge in [-0.3, -0.25) is 5.01 Å². The van der Waals surface area contributed by atoms with E-state index in [0.717, 1.165) is 6.54 Å². The van der Waals surface area contributed by atoms with Gasteiger partial charge in [-0.25, -0.2) is 9.80 Å². The molecule has 4 nitrogen and oxygen atoms in total. The van der Waals surface area contributed by atoms with Crippen LogP contribution < -0.4 is 0 Å². The van der Waals surface area contributed by atoms with Crippen molar-refractivity contribution in [1.29, 1.82) is 0 Å². The normalized spacial score (nSPS) is 10.0. The molecule has 0 aromatic carbocycles. The lowest BCUT2D eigenvalue weighted by Gasteiger charge is -2.28. The van der Waals surface area contributed by atoms with Crippen molar-refractivity contribution in [2.45, 2.75) is 6.92 Å². The summed E-state index contributed by atoms with van der Waals surface area (Å²) < 4.78 is 0. The van der Waals surface area contributed by atoms with Gasteiger partial charge in [0, 0.05) is 34.7 Å². The number of carbonyl (C=O) groups is 1. The van der Waals surface area contributed by atoms with Crippen molar-refractivity contribution in [2.24, 2.45) is 0 Å². The highest BCUT2D eigenvalue weighted by atomic mass is 16.2. The molecule has 0 spiro atoms. The van der Waals surface area contributed by atoms with Crippen molar-refractivity contribution in [1.82, 2.24) is 14.9 Å². The second-order valence-electron chi connectivity index (χ2n) is 2.67. The van der Waals surface area contributed by atoms with E-state index >= 15 is 0 Å². The van der Waals surface area contributed by atoms with Crippen LogP contribution in [0.3, 0.4) is 0 Å². The average Bonchev–Trinajstić information content (AvgIpc) is 2.00. The third-order valence-corrected chi connectivity index (χ3v) is 1.68. The first-order valence-electron chi connectivity index (χ1n) is 3.66. The van der Waals surface area contributed by atoms with Crippen molar-refractivity contribution < 1.29 is 4.79 Å². The van der Waals surface area contributed by atoms with Gasteiger partial charge in [0.25, 0.3) is 0 Å². The fourth-order valence-electron chi connectivity index (χ4n) is 0.553. The van der Waals surface area contributed by atoms with E-state index in [4.69, 9.17) is 0 Å². The molecule has 0 bridgehead atoms. The lowest BCUT2D eigenvalue weighted by atomic mass is 10.6. The van der Waals surface area contributed by atoms with E-state index in [9.17, 15) is 4.79 Å². The first-order chi connectivity index (χ1) is 5.00. The standard InChI is InChI=1S/C7H17N3O/c1-6-9(4)7(11)10(5)8(2)3/h6H2,1-5H3. The smallest absolute Gasteiger partial charge is 0.327 e. The Kier molecular flexibility index (Phi) is 3.89. The zero-order valence-electron chi connectivity index (χ0n) is 7.96. The Labute approximate surface area is 68.3 Å². The number of hydrazine groups is 1. The van der Waals surface area contributed by atoms with Gasteiger partial charge >= 0.3 is 6.03 Å². The zero-order valence-corrected chi connectivity index (χ0v) is 7.96. The molecule has 0 radical (unpaired) electrons. The minimum Gasteiger partial charge on any atom is -0.327 e. The Morgan fingerprint density at radius 2 is 1.64 bits per heavy atom. The topological polar surface area (TPSA) is 26.8 Å². The van der Waals surface area contributed by atoms with E-state index in [-0.39, 0.29) is 6.03 Å². The lowest BCUT2D eigenvalue weighted by molar-refractivity contribution is 0.0681. The minimum atomic E-state index is 0.0116. The summed E-state index contributed by atoms with van der Waals surface area (Å²) in [6.45, 7) is 2.68. The largest absolute Gasteiger partial charge is 0.333 e. The molecule has 2 amide bonds. The van der Waals surface area contributed by atoms with Gasteiger partial charge in [-0.15, -0.1) is 0 Å². The Bertz CT molecular complexity index is 136. The molecule has 0 aliphatic heterocycles. The van der Waals surface area contributed by atoms with Crippen molar-refractivity contribution in [3.63, 3.8) is 0 Å². The van der Waals surface area contributed by atoms with Crippen molar-refractivity contribution >= 4 is 6.03 Å². The predicted molar refractivity (Wildman–Crippen MR) is 45.2 cm³/mol. The number of urea groups is 1. The summed E-state index contributed by atoms with van der Waals surface area (Å²) in [7, 11) is 7.19. The summed E-state index contributed by atoms with van der Waals surface area (Å²) in [5, 5.41) is 3.30. The van der Waals surface area contributed by atoms with Crippen molar-refractivity contribution in [3.05, 3.63) is 0 Å². The number of hydrogen-bond acceptors (Lipinski definition) is 2. The van der Waals surface area contributed by atoms with Crippen LogP contribution in [0.1, 0.15) is 6.92 Å². The van der Waals surface area contributed by atoms with Crippen LogP contribution in [0, 0.1) is 0 Å². The Morgan fingerprint density at radius 1 is 1.18 bits per heavy atom. The molecule has 0 aliphatic rings. The second-order valence-corrected chi connectivity index (χ2v) is 2.67. The van der Waals surface area contributed by atoms with Gasteiger partial charge < -0.3 is 4.90 Å². The first-order valence-corrected chi connectivity index (χ1v) is 3.66. The SMILES string of the molecule is CCN(C)C(=O)N(C)N(C)C. The molecule has 0 saturated heterocycles.